The van der Waals surface area contributed by atoms with Crippen molar-refractivity contribution >= 4 is 10.0 Å². The SMILES string of the molecule is O=S(=O)(CC1CCCCO1)NC1CCCNC1. The van der Waals surface area contributed by atoms with Crippen LogP contribution < -0.4 is 10.0 Å². The Morgan fingerprint density at radius 2 is 2.12 bits per heavy atom. The van der Waals surface area contributed by atoms with Gasteiger partial charge in [0.05, 0.1) is 11.9 Å². The highest BCUT2D eigenvalue weighted by Gasteiger charge is 2.25. The largest absolute Gasteiger partial charge is 0.377 e. The van der Waals surface area contributed by atoms with Crippen molar-refractivity contribution in [2.45, 2.75) is 44.2 Å². The molecule has 17 heavy (non-hydrogen) atoms. The summed E-state index contributed by atoms with van der Waals surface area (Å²) in [6.45, 7) is 2.43. The first-order valence-electron chi connectivity index (χ1n) is 6.48. The molecule has 2 unspecified atom stereocenters. The first-order valence-corrected chi connectivity index (χ1v) is 8.13. The molecule has 2 fully saturated rings. The average Bonchev–Trinajstić information content (AvgIpc) is 2.30. The molecule has 0 aliphatic carbocycles. The minimum atomic E-state index is -3.20. The summed E-state index contributed by atoms with van der Waals surface area (Å²) in [5.74, 6) is 0.115. The highest BCUT2D eigenvalue weighted by Crippen LogP contribution is 2.14. The van der Waals surface area contributed by atoms with E-state index in [1.54, 1.807) is 0 Å². The number of nitrogens with one attached hydrogen (secondary N) is 2. The lowest BCUT2D eigenvalue weighted by molar-refractivity contribution is 0.0303. The zero-order valence-electron chi connectivity index (χ0n) is 10.2. The second-order valence-electron chi connectivity index (χ2n) is 4.93. The normalized spacial score (nSPS) is 31.3. The fourth-order valence-corrected chi connectivity index (χ4v) is 4.00. The van der Waals surface area contributed by atoms with Gasteiger partial charge < -0.3 is 10.1 Å². The fraction of sp³-hybridized carbons (Fsp3) is 1.00. The Hall–Kier alpha value is -0.170. The van der Waals surface area contributed by atoms with Gasteiger partial charge in [0.25, 0.3) is 0 Å². The van der Waals surface area contributed by atoms with Gasteiger partial charge in [-0.25, -0.2) is 13.1 Å². The first-order chi connectivity index (χ1) is 8.16. The molecule has 2 atom stereocenters. The van der Waals surface area contributed by atoms with Gasteiger partial charge in [0.15, 0.2) is 0 Å². The van der Waals surface area contributed by atoms with Crippen LogP contribution in [0.15, 0.2) is 0 Å². The molecule has 2 rings (SSSR count). The monoisotopic (exact) mass is 262 g/mol. The maximum Gasteiger partial charge on any atom is 0.214 e. The molecule has 0 aromatic heterocycles. The molecule has 2 aliphatic heterocycles. The molecule has 2 heterocycles. The maximum atomic E-state index is 11.9. The molecule has 0 amide bonds. The molecular weight excluding hydrogens is 240 g/mol. The Morgan fingerprint density at radius 3 is 2.76 bits per heavy atom. The third-order valence-electron chi connectivity index (χ3n) is 3.32. The summed E-state index contributed by atoms with van der Waals surface area (Å²) in [4.78, 5) is 0. The Balaban J connectivity index is 1.80. The summed E-state index contributed by atoms with van der Waals surface area (Å²) in [7, 11) is -3.20. The van der Waals surface area contributed by atoms with E-state index in [1.165, 1.54) is 0 Å². The van der Waals surface area contributed by atoms with E-state index in [-0.39, 0.29) is 17.9 Å². The molecule has 0 spiro atoms. The van der Waals surface area contributed by atoms with Gasteiger partial charge in [-0.3, -0.25) is 0 Å². The molecule has 2 N–H and O–H groups in total. The second kappa shape index (κ2) is 6.13. The lowest BCUT2D eigenvalue weighted by atomic mass is 10.1. The number of hydrogen-bond acceptors (Lipinski definition) is 4. The number of sulfonamides is 1. The van der Waals surface area contributed by atoms with Crippen LogP contribution in [0.25, 0.3) is 0 Å². The van der Waals surface area contributed by atoms with Gasteiger partial charge in [0.1, 0.15) is 0 Å². The van der Waals surface area contributed by atoms with Crippen LogP contribution in [0.5, 0.6) is 0 Å². The van der Waals surface area contributed by atoms with E-state index in [0.717, 1.165) is 45.2 Å². The van der Waals surface area contributed by atoms with Crippen LogP contribution in [0.2, 0.25) is 0 Å². The molecule has 0 saturated carbocycles. The van der Waals surface area contributed by atoms with Crippen molar-refractivity contribution in [1.82, 2.24) is 10.0 Å². The van der Waals surface area contributed by atoms with Gasteiger partial charge in [-0.1, -0.05) is 0 Å². The summed E-state index contributed by atoms with van der Waals surface area (Å²) < 4.78 is 32.1. The molecule has 0 aromatic carbocycles. The Labute approximate surface area is 103 Å². The molecule has 0 radical (unpaired) electrons. The quantitative estimate of drug-likeness (QED) is 0.761. The zero-order valence-corrected chi connectivity index (χ0v) is 11.0. The van der Waals surface area contributed by atoms with Crippen LogP contribution >= 0.6 is 0 Å². The molecule has 0 bridgehead atoms. The van der Waals surface area contributed by atoms with Crippen LogP contribution in [0.4, 0.5) is 0 Å². The minimum Gasteiger partial charge on any atom is -0.377 e. The third kappa shape index (κ3) is 4.54. The van der Waals surface area contributed by atoms with E-state index < -0.39 is 10.0 Å². The first kappa shape index (κ1) is 13.3. The summed E-state index contributed by atoms with van der Waals surface area (Å²) in [6.07, 6.45) is 4.84. The van der Waals surface area contributed by atoms with Crippen LogP contribution in [0.3, 0.4) is 0 Å². The van der Waals surface area contributed by atoms with Crippen molar-refractivity contribution in [2.24, 2.45) is 0 Å². The van der Waals surface area contributed by atoms with E-state index in [2.05, 4.69) is 10.0 Å². The molecule has 0 aromatic rings. The molecule has 100 valence electrons. The molecule has 2 aliphatic rings. The van der Waals surface area contributed by atoms with Crippen molar-refractivity contribution in [3.63, 3.8) is 0 Å². The van der Waals surface area contributed by atoms with Crippen LogP contribution in [-0.2, 0) is 14.8 Å². The van der Waals surface area contributed by atoms with E-state index in [1.807, 2.05) is 0 Å². The topological polar surface area (TPSA) is 67.4 Å². The van der Waals surface area contributed by atoms with Crippen molar-refractivity contribution in [1.29, 1.82) is 0 Å². The molecule has 5 nitrogen and oxygen atoms in total. The van der Waals surface area contributed by atoms with Crippen LogP contribution in [0.1, 0.15) is 32.1 Å². The number of hydrogen-bond donors (Lipinski definition) is 2. The Bertz CT molecular complexity index is 294. The zero-order chi connectivity index (χ0) is 12.1. The number of rotatable bonds is 4. The predicted molar refractivity (Wildman–Crippen MR) is 66.4 cm³/mol. The summed E-state index contributed by atoms with van der Waals surface area (Å²) in [5, 5.41) is 3.20. The average molecular weight is 262 g/mol. The minimum absolute atomic E-state index is 0.0531. The van der Waals surface area contributed by atoms with Gasteiger partial charge in [-0.2, -0.15) is 0 Å². The van der Waals surface area contributed by atoms with E-state index in [0.29, 0.717) is 6.61 Å². The van der Waals surface area contributed by atoms with Gasteiger partial charge in [-0.15, -0.1) is 0 Å². The lowest BCUT2D eigenvalue weighted by Gasteiger charge is -2.26. The molecule has 2 saturated heterocycles. The van der Waals surface area contributed by atoms with Gasteiger partial charge >= 0.3 is 0 Å². The van der Waals surface area contributed by atoms with Crippen molar-refractivity contribution < 1.29 is 13.2 Å². The summed E-state index contributed by atoms with van der Waals surface area (Å²) in [6, 6.07) is 0.0531. The maximum absolute atomic E-state index is 11.9. The summed E-state index contributed by atoms with van der Waals surface area (Å²) in [5.41, 5.74) is 0. The van der Waals surface area contributed by atoms with Crippen LogP contribution in [0, 0.1) is 0 Å². The highest BCUT2D eigenvalue weighted by atomic mass is 32.2. The second-order valence-corrected chi connectivity index (χ2v) is 6.73. The van der Waals surface area contributed by atoms with Crippen molar-refractivity contribution in [3.05, 3.63) is 0 Å². The number of ether oxygens (including phenoxy) is 1. The number of piperidine rings is 1. The van der Waals surface area contributed by atoms with Crippen molar-refractivity contribution in [2.75, 3.05) is 25.4 Å². The third-order valence-corrected chi connectivity index (χ3v) is 4.83. The lowest BCUT2D eigenvalue weighted by Crippen LogP contribution is -2.47. The smallest absolute Gasteiger partial charge is 0.214 e. The van der Waals surface area contributed by atoms with E-state index >= 15 is 0 Å². The Morgan fingerprint density at radius 1 is 1.24 bits per heavy atom. The van der Waals surface area contributed by atoms with E-state index in [9.17, 15) is 8.42 Å². The Kier molecular flexibility index (Phi) is 4.78. The fourth-order valence-electron chi connectivity index (χ4n) is 2.44. The summed E-state index contributed by atoms with van der Waals surface area (Å²) >= 11 is 0. The molecular formula is C11H22N2O3S. The van der Waals surface area contributed by atoms with Crippen molar-refractivity contribution in [3.8, 4) is 0 Å². The standard InChI is InChI=1S/C11H22N2O3S/c14-17(15,9-11-5-1-2-7-16-11)13-10-4-3-6-12-8-10/h10-13H,1-9H2. The van der Waals surface area contributed by atoms with E-state index in [4.69, 9.17) is 4.74 Å². The van der Waals surface area contributed by atoms with Gasteiger partial charge in [-0.05, 0) is 38.6 Å². The van der Waals surface area contributed by atoms with Gasteiger partial charge in [0, 0.05) is 19.2 Å². The van der Waals surface area contributed by atoms with Crippen LogP contribution in [-0.4, -0.2) is 46.0 Å². The predicted octanol–water partition coefficient (Wildman–Crippen LogP) is 0.227. The molecule has 6 heteroatoms. The van der Waals surface area contributed by atoms with Gasteiger partial charge in [0.2, 0.25) is 10.0 Å². The highest BCUT2D eigenvalue weighted by molar-refractivity contribution is 7.89.